The van der Waals surface area contributed by atoms with Crippen LogP contribution < -0.4 is 14.2 Å². The molecule has 0 aliphatic rings. The fourth-order valence-corrected chi connectivity index (χ4v) is 4.87. The number of aromatic nitrogens is 1. The standard InChI is InChI=1S/C17H16FN3O5S3/c18-13-1-5-15(6-2-13)26-10-12-28(22,23)20-14-3-7-16(8-4-14)29(24,25)21-17-19-9-11-27-17/h1-9,11,20H,10,12H2,(H,19,21). The number of thiazole rings is 1. The summed E-state index contributed by atoms with van der Waals surface area (Å²) in [6.45, 7) is -0.134. The molecule has 0 radical (unpaired) electrons. The van der Waals surface area contributed by atoms with Crippen LogP contribution in [-0.4, -0.2) is 34.2 Å². The predicted octanol–water partition coefficient (Wildman–Crippen LogP) is 2.90. The maximum absolute atomic E-state index is 12.8. The zero-order valence-corrected chi connectivity index (χ0v) is 17.2. The van der Waals surface area contributed by atoms with E-state index in [2.05, 4.69) is 14.4 Å². The molecule has 0 saturated heterocycles. The first-order chi connectivity index (χ1) is 13.7. The molecule has 12 heteroatoms. The smallest absolute Gasteiger partial charge is 0.263 e. The van der Waals surface area contributed by atoms with Crippen molar-refractivity contribution in [2.45, 2.75) is 4.90 Å². The Morgan fingerprint density at radius 2 is 1.66 bits per heavy atom. The minimum atomic E-state index is -3.82. The van der Waals surface area contributed by atoms with Crippen molar-refractivity contribution in [2.24, 2.45) is 0 Å². The number of nitrogens with one attached hydrogen (secondary N) is 2. The van der Waals surface area contributed by atoms with E-state index >= 15 is 0 Å². The summed E-state index contributed by atoms with van der Waals surface area (Å²) >= 11 is 1.14. The summed E-state index contributed by atoms with van der Waals surface area (Å²) in [6, 6.07) is 10.5. The second-order valence-electron chi connectivity index (χ2n) is 5.69. The molecule has 1 heterocycles. The summed E-state index contributed by atoms with van der Waals surface area (Å²) in [5.41, 5.74) is 0.208. The number of ether oxygens (including phenoxy) is 1. The molecule has 0 amide bonds. The highest BCUT2D eigenvalue weighted by Crippen LogP contribution is 2.20. The average molecular weight is 458 g/mol. The summed E-state index contributed by atoms with van der Waals surface area (Å²) in [4.78, 5) is 3.82. The summed E-state index contributed by atoms with van der Waals surface area (Å²) < 4.78 is 71.6. The number of hydrogen-bond acceptors (Lipinski definition) is 7. The number of benzene rings is 2. The quantitative estimate of drug-likeness (QED) is 0.511. The third-order valence-corrected chi connectivity index (χ3v) is 6.95. The Bertz CT molecular complexity index is 1150. The first-order valence-electron chi connectivity index (χ1n) is 8.15. The summed E-state index contributed by atoms with van der Waals surface area (Å²) in [5, 5.41) is 1.87. The van der Waals surface area contributed by atoms with Gasteiger partial charge >= 0.3 is 0 Å². The van der Waals surface area contributed by atoms with Gasteiger partial charge in [0.15, 0.2) is 5.13 Å². The maximum atomic E-state index is 12.8. The highest BCUT2D eigenvalue weighted by atomic mass is 32.2. The summed E-state index contributed by atoms with van der Waals surface area (Å²) in [7, 11) is -7.54. The lowest BCUT2D eigenvalue weighted by Crippen LogP contribution is -2.21. The second-order valence-corrected chi connectivity index (χ2v) is 10.1. The summed E-state index contributed by atoms with van der Waals surface area (Å²) in [5.74, 6) is -0.404. The molecule has 154 valence electrons. The van der Waals surface area contributed by atoms with E-state index in [1.807, 2.05) is 0 Å². The number of anilines is 2. The molecule has 0 saturated carbocycles. The molecular formula is C17H16FN3O5S3. The van der Waals surface area contributed by atoms with E-state index < -0.39 is 25.9 Å². The summed E-state index contributed by atoms with van der Waals surface area (Å²) in [6.07, 6.45) is 1.47. The minimum absolute atomic E-state index is 0.0321. The molecule has 2 N–H and O–H groups in total. The van der Waals surface area contributed by atoms with Crippen LogP contribution in [0.25, 0.3) is 0 Å². The maximum Gasteiger partial charge on any atom is 0.263 e. The van der Waals surface area contributed by atoms with E-state index in [0.29, 0.717) is 5.75 Å². The van der Waals surface area contributed by atoms with Crippen molar-refractivity contribution in [3.8, 4) is 5.75 Å². The van der Waals surface area contributed by atoms with Crippen molar-refractivity contribution < 1.29 is 26.0 Å². The first-order valence-corrected chi connectivity index (χ1v) is 12.2. The molecule has 3 aromatic rings. The van der Waals surface area contributed by atoms with Crippen molar-refractivity contribution in [2.75, 3.05) is 21.8 Å². The van der Waals surface area contributed by atoms with Crippen LogP contribution in [0.15, 0.2) is 65.0 Å². The van der Waals surface area contributed by atoms with E-state index in [-0.39, 0.29) is 28.1 Å². The molecule has 0 aliphatic carbocycles. The molecule has 0 bridgehead atoms. The van der Waals surface area contributed by atoms with Gasteiger partial charge in [0.2, 0.25) is 10.0 Å². The fraction of sp³-hybridized carbons (Fsp3) is 0.118. The lowest BCUT2D eigenvalue weighted by Gasteiger charge is -2.10. The zero-order chi connectivity index (χ0) is 20.9. The van der Waals surface area contributed by atoms with Crippen LogP contribution >= 0.6 is 11.3 Å². The van der Waals surface area contributed by atoms with Crippen LogP contribution in [0.3, 0.4) is 0 Å². The topological polar surface area (TPSA) is 114 Å². The first kappa shape index (κ1) is 21.0. The van der Waals surface area contributed by atoms with Crippen LogP contribution in [0.4, 0.5) is 15.2 Å². The van der Waals surface area contributed by atoms with Crippen LogP contribution in [0.2, 0.25) is 0 Å². The predicted molar refractivity (Wildman–Crippen MR) is 109 cm³/mol. The third-order valence-electron chi connectivity index (χ3n) is 3.53. The van der Waals surface area contributed by atoms with E-state index in [4.69, 9.17) is 4.74 Å². The molecule has 0 spiro atoms. The van der Waals surface area contributed by atoms with Crippen LogP contribution in [-0.2, 0) is 20.0 Å². The van der Waals surface area contributed by atoms with E-state index in [9.17, 15) is 21.2 Å². The Hall–Kier alpha value is -2.70. The highest BCUT2D eigenvalue weighted by Gasteiger charge is 2.16. The number of nitrogens with zero attached hydrogens (tertiary/aromatic N) is 1. The lowest BCUT2D eigenvalue weighted by molar-refractivity contribution is 0.340. The van der Waals surface area contributed by atoms with Gasteiger partial charge in [-0.1, -0.05) is 0 Å². The molecule has 8 nitrogen and oxygen atoms in total. The number of rotatable bonds is 9. The molecule has 29 heavy (non-hydrogen) atoms. The Morgan fingerprint density at radius 3 is 2.28 bits per heavy atom. The lowest BCUT2D eigenvalue weighted by atomic mass is 10.3. The van der Waals surface area contributed by atoms with Gasteiger partial charge in [-0.2, -0.15) is 0 Å². The van der Waals surface area contributed by atoms with Crippen LogP contribution in [0, 0.1) is 5.82 Å². The number of hydrogen-bond donors (Lipinski definition) is 2. The molecular weight excluding hydrogens is 441 g/mol. The number of sulfonamides is 2. The Labute approximate surface area is 171 Å². The Balaban J connectivity index is 1.57. The molecule has 0 fully saturated rings. The zero-order valence-electron chi connectivity index (χ0n) is 14.8. The van der Waals surface area contributed by atoms with Gasteiger partial charge in [-0.3, -0.25) is 9.44 Å². The van der Waals surface area contributed by atoms with Crippen molar-refractivity contribution in [1.29, 1.82) is 0 Å². The number of halogens is 1. The van der Waals surface area contributed by atoms with Gasteiger partial charge in [0.05, 0.1) is 4.90 Å². The Morgan fingerprint density at radius 1 is 0.966 bits per heavy atom. The fourth-order valence-electron chi connectivity index (χ4n) is 2.18. The van der Waals surface area contributed by atoms with E-state index in [0.717, 1.165) is 11.3 Å². The molecule has 0 atom stereocenters. The Kier molecular flexibility index (Phi) is 6.35. The van der Waals surface area contributed by atoms with Crippen LogP contribution in [0.5, 0.6) is 5.75 Å². The monoisotopic (exact) mass is 457 g/mol. The van der Waals surface area contributed by atoms with Crippen molar-refractivity contribution in [3.05, 3.63) is 65.9 Å². The highest BCUT2D eigenvalue weighted by molar-refractivity contribution is 7.93. The molecule has 2 aromatic carbocycles. The second kappa shape index (κ2) is 8.76. The molecule has 3 rings (SSSR count). The van der Waals surface area contributed by atoms with E-state index in [1.165, 1.54) is 54.7 Å². The normalized spacial score (nSPS) is 11.8. The third kappa shape index (κ3) is 6.14. The minimum Gasteiger partial charge on any atom is -0.492 e. The van der Waals surface area contributed by atoms with Crippen molar-refractivity contribution >= 4 is 42.2 Å². The van der Waals surface area contributed by atoms with Gasteiger partial charge in [0, 0.05) is 17.3 Å². The van der Waals surface area contributed by atoms with E-state index in [1.54, 1.807) is 5.38 Å². The van der Waals surface area contributed by atoms with Gasteiger partial charge < -0.3 is 4.74 Å². The van der Waals surface area contributed by atoms with Crippen LogP contribution in [0.1, 0.15) is 0 Å². The average Bonchev–Trinajstić information content (AvgIpc) is 3.15. The molecule has 0 aliphatic heterocycles. The largest absolute Gasteiger partial charge is 0.492 e. The van der Waals surface area contributed by atoms with Gasteiger partial charge in [-0.05, 0) is 48.5 Å². The van der Waals surface area contributed by atoms with Gasteiger partial charge in [0.25, 0.3) is 10.0 Å². The van der Waals surface area contributed by atoms with Gasteiger partial charge in [0.1, 0.15) is 23.9 Å². The SMILES string of the molecule is O=S(=O)(CCOc1ccc(F)cc1)Nc1ccc(S(=O)(=O)Nc2nccs2)cc1. The van der Waals surface area contributed by atoms with Crippen molar-refractivity contribution in [3.63, 3.8) is 0 Å². The van der Waals surface area contributed by atoms with Gasteiger partial charge in [-0.15, -0.1) is 11.3 Å². The van der Waals surface area contributed by atoms with Crippen molar-refractivity contribution in [1.82, 2.24) is 4.98 Å². The van der Waals surface area contributed by atoms with Gasteiger partial charge in [-0.25, -0.2) is 26.2 Å². The molecule has 1 aromatic heterocycles. The molecule has 0 unspecified atom stereocenters.